The molecule has 0 saturated carbocycles. The molecule has 0 aliphatic rings. The number of esters is 4. The Morgan fingerprint density at radius 1 is 0.741 bits per heavy atom. The molecule has 0 aromatic rings. The van der Waals surface area contributed by atoms with E-state index in [9.17, 15) is 19.2 Å². The first-order chi connectivity index (χ1) is 12.9. The molecule has 0 aromatic heterocycles. The molecule has 0 rings (SSSR count). The first-order valence-electron chi connectivity index (χ1n) is 9.84. The van der Waals surface area contributed by atoms with Crippen molar-refractivity contribution in [2.45, 2.75) is 90.0 Å². The molecule has 0 unspecified atom stereocenters. The Bertz CT molecular complexity index is 467. The maximum Gasteiger partial charge on any atom is 0.330 e. The van der Waals surface area contributed by atoms with Crippen molar-refractivity contribution < 1.29 is 28.7 Å². The van der Waals surface area contributed by atoms with Crippen molar-refractivity contribution in [3.05, 3.63) is 0 Å². The van der Waals surface area contributed by atoms with Gasteiger partial charge in [-0.05, 0) is 12.8 Å². The highest BCUT2D eigenvalue weighted by Crippen LogP contribution is 2.11. The van der Waals surface area contributed by atoms with Crippen LogP contribution in [-0.4, -0.2) is 36.5 Å². The lowest BCUT2D eigenvalue weighted by atomic mass is 10.1. The Hall–Kier alpha value is -1.80. The monoisotopic (exact) mass is 386 g/mol. The first-order valence-corrected chi connectivity index (χ1v) is 9.84. The summed E-state index contributed by atoms with van der Waals surface area (Å²) in [6, 6.07) is -1.13. The van der Waals surface area contributed by atoms with Crippen molar-refractivity contribution in [2.24, 2.45) is 11.5 Å². The summed E-state index contributed by atoms with van der Waals surface area (Å²) >= 11 is 0. The second-order valence-corrected chi connectivity index (χ2v) is 6.57. The Labute approximate surface area is 161 Å². The van der Waals surface area contributed by atoms with Gasteiger partial charge >= 0.3 is 23.9 Å². The van der Waals surface area contributed by atoms with Crippen molar-refractivity contribution in [1.29, 1.82) is 0 Å². The van der Waals surface area contributed by atoms with Crippen molar-refractivity contribution >= 4 is 23.9 Å². The molecule has 0 heterocycles. The highest BCUT2D eigenvalue weighted by atomic mass is 16.6. The van der Waals surface area contributed by atoms with Crippen LogP contribution in [0.4, 0.5) is 0 Å². The molecule has 1 atom stereocenters. The van der Waals surface area contributed by atoms with Crippen LogP contribution in [0.2, 0.25) is 0 Å². The minimum absolute atomic E-state index is 0.0825. The van der Waals surface area contributed by atoms with Gasteiger partial charge in [-0.3, -0.25) is 14.4 Å². The van der Waals surface area contributed by atoms with Crippen LogP contribution in [-0.2, 0) is 28.7 Å². The Balaban J connectivity index is 3.74. The van der Waals surface area contributed by atoms with E-state index < -0.39 is 36.5 Å². The van der Waals surface area contributed by atoms with Crippen LogP contribution in [0.5, 0.6) is 0 Å². The summed E-state index contributed by atoms with van der Waals surface area (Å²) in [5, 5.41) is 0. The summed E-state index contributed by atoms with van der Waals surface area (Å²) in [5.41, 5.74) is 10.6. The zero-order chi connectivity index (χ0) is 20.5. The van der Waals surface area contributed by atoms with Gasteiger partial charge in [0.05, 0.1) is 6.54 Å². The Morgan fingerprint density at radius 2 is 1.26 bits per heavy atom. The van der Waals surface area contributed by atoms with Gasteiger partial charge < -0.3 is 20.9 Å². The third-order valence-corrected chi connectivity index (χ3v) is 4.06. The van der Waals surface area contributed by atoms with E-state index in [1.807, 2.05) is 0 Å². The molecule has 0 saturated heterocycles. The molecule has 0 fully saturated rings. The van der Waals surface area contributed by atoms with Gasteiger partial charge in [0.25, 0.3) is 0 Å². The third-order valence-electron chi connectivity index (χ3n) is 4.06. The van der Waals surface area contributed by atoms with E-state index in [0.29, 0.717) is 6.42 Å². The highest BCUT2D eigenvalue weighted by molar-refractivity contribution is 5.89. The second-order valence-electron chi connectivity index (χ2n) is 6.57. The fourth-order valence-electron chi connectivity index (χ4n) is 2.43. The molecule has 8 nitrogen and oxygen atoms in total. The van der Waals surface area contributed by atoms with Crippen LogP contribution < -0.4 is 11.5 Å². The lowest BCUT2D eigenvalue weighted by Gasteiger charge is -2.10. The number of carbonyl (C=O) groups is 4. The zero-order valence-corrected chi connectivity index (χ0v) is 16.4. The van der Waals surface area contributed by atoms with Crippen molar-refractivity contribution in [1.82, 2.24) is 0 Å². The van der Waals surface area contributed by atoms with Crippen molar-refractivity contribution in [3.63, 3.8) is 0 Å². The number of carbonyl (C=O) groups excluding carboxylic acids is 4. The lowest BCUT2D eigenvalue weighted by molar-refractivity contribution is -0.160. The maximum atomic E-state index is 11.7. The molecular weight excluding hydrogens is 352 g/mol. The summed E-state index contributed by atoms with van der Waals surface area (Å²) in [6.07, 6.45) is 9.95. The van der Waals surface area contributed by atoms with Crippen molar-refractivity contribution in [2.75, 3.05) is 6.54 Å². The summed E-state index contributed by atoms with van der Waals surface area (Å²) < 4.78 is 9.02. The third kappa shape index (κ3) is 15.0. The molecule has 0 aromatic carbocycles. The molecule has 0 bridgehead atoms. The number of unbranched alkanes of at least 4 members (excludes halogenated alkanes) is 8. The lowest BCUT2D eigenvalue weighted by Crippen LogP contribution is -2.34. The van der Waals surface area contributed by atoms with Gasteiger partial charge in [-0.2, -0.15) is 0 Å². The van der Waals surface area contributed by atoms with E-state index in [-0.39, 0.29) is 19.3 Å². The number of ether oxygens (including phenoxy) is 2. The number of nitrogens with two attached hydrogens (primary N) is 2. The predicted molar refractivity (Wildman–Crippen MR) is 100 cm³/mol. The van der Waals surface area contributed by atoms with Gasteiger partial charge in [-0.15, -0.1) is 0 Å². The Morgan fingerprint density at radius 3 is 1.81 bits per heavy atom. The van der Waals surface area contributed by atoms with E-state index >= 15 is 0 Å². The fourth-order valence-corrected chi connectivity index (χ4v) is 2.43. The number of hydrogen-bond donors (Lipinski definition) is 2. The average Bonchev–Trinajstić information content (AvgIpc) is 2.64. The van der Waals surface area contributed by atoms with Crippen LogP contribution in [0.3, 0.4) is 0 Å². The molecule has 0 aliphatic carbocycles. The summed E-state index contributed by atoms with van der Waals surface area (Å²) in [6.45, 7) is 1.78. The summed E-state index contributed by atoms with van der Waals surface area (Å²) in [7, 11) is 0. The van der Waals surface area contributed by atoms with Crippen LogP contribution >= 0.6 is 0 Å². The molecule has 0 spiro atoms. The van der Waals surface area contributed by atoms with Crippen LogP contribution in [0.25, 0.3) is 0 Å². The maximum absolute atomic E-state index is 11.7. The molecule has 4 N–H and O–H groups in total. The molecular formula is C19H34N2O6. The second kappa shape index (κ2) is 16.4. The molecule has 8 heteroatoms. The predicted octanol–water partition coefficient (Wildman–Crippen LogP) is 2.11. The molecule has 27 heavy (non-hydrogen) atoms. The molecule has 0 amide bonds. The van der Waals surface area contributed by atoms with E-state index in [1.54, 1.807) is 0 Å². The summed E-state index contributed by atoms with van der Waals surface area (Å²) in [5.74, 6) is -3.17. The van der Waals surface area contributed by atoms with E-state index in [2.05, 4.69) is 16.4 Å². The molecule has 0 radical (unpaired) electrons. The average molecular weight is 386 g/mol. The van der Waals surface area contributed by atoms with Crippen LogP contribution in [0, 0.1) is 0 Å². The van der Waals surface area contributed by atoms with Gasteiger partial charge in [0, 0.05) is 12.8 Å². The summed E-state index contributed by atoms with van der Waals surface area (Å²) in [4.78, 5) is 45.5. The van der Waals surface area contributed by atoms with E-state index in [4.69, 9.17) is 11.5 Å². The van der Waals surface area contributed by atoms with E-state index in [0.717, 1.165) is 19.3 Å². The largest absolute Gasteiger partial charge is 0.392 e. The standard InChI is InChI=1S/C19H34N2O6/c1-2-3-4-5-6-7-8-9-10-11-16(22)27-19(25)15(21)12-13-17(23)26-18(24)14-20/h15H,2-14,20-21H2,1H3/t15-/m0/s1. The molecule has 156 valence electrons. The number of rotatable bonds is 15. The van der Waals surface area contributed by atoms with Gasteiger partial charge in [0.2, 0.25) is 0 Å². The highest BCUT2D eigenvalue weighted by Gasteiger charge is 2.20. The first kappa shape index (κ1) is 25.2. The topological polar surface area (TPSA) is 139 Å². The quantitative estimate of drug-likeness (QED) is 0.248. The normalized spacial score (nSPS) is 11.7. The smallest absolute Gasteiger partial charge is 0.330 e. The minimum Gasteiger partial charge on any atom is -0.392 e. The van der Waals surface area contributed by atoms with Gasteiger partial charge in [0.15, 0.2) is 0 Å². The number of hydrogen-bond acceptors (Lipinski definition) is 8. The van der Waals surface area contributed by atoms with E-state index in [1.165, 1.54) is 32.1 Å². The van der Waals surface area contributed by atoms with Crippen LogP contribution in [0.15, 0.2) is 0 Å². The SMILES string of the molecule is CCCCCCCCCCCC(=O)OC(=O)[C@@H](N)CCC(=O)OC(=O)CN. The van der Waals surface area contributed by atoms with Gasteiger partial charge in [-0.25, -0.2) is 4.79 Å². The van der Waals surface area contributed by atoms with Crippen molar-refractivity contribution in [3.8, 4) is 0 Å². The van der Waals surface area contributed by atoms with Gasteiger partial charge in [-0.1, -0.05) is 58.3 Å². The minimum atomic E-state index is -1.13. The molecule has 0 aliphatic heterocycles. The Kier molecular flexibility index (Phi) is 15.3. The van der Waals surface area contributed by atoms with Crippen LogP contribution in [0.1, 0.15) is 84.0 Å². The fraction of sp³-hybridized carbons (Fsp3) is 0.789. The zero-order valence-electron chi connectivity index (χ0n) is 16.4. The van der Waals surface area contributed by atoms with Gasteiger partial charge in [0.1, 0.15) is 6.04 Å².